The second kappa shape index (κ2) is 5.25. The van der Waals surface area contributed by atoms with E-state index in [4.69, 9.17) is 4.74 Å². The fourth-order valence-corrected chi connectivity index (χ4v) is 4.52. The molecule has 1 unspecified atom stereocenters. The van der Waals surface area contributed by atoms with Gasteiger partial charge in [0.25, 0.3) is 0 Å². The van der Waals surface area contributed by atoms with Crippen molar-refractivity contribution in [3.63, 3.8) is 0 Å². The summed E-state index contributed by atoms with van der Waals surface area (Å²) in [6.45, 7) is 2.74. The van der Waals surface area contributed by atoms with Crippen molar-refractivity contribution in [2.75, 3.05) is 30.0 Å². The number of amides is 1. The maximum Gasteiger partial charge on any atom is 0.308 e. The molecule has 23 heavy (non-hydrogen) atoms. The molecule has 0 N–H and O–H groups in total. The van der Waals surface area contributed by atoms with E-state index in [1.165, 1.54) is 11.3 Å². The fraction of sp³-hybridized carbons (Fsp3) is 0.556. The summed E-state index contributed by atoms with van der Waals surface area (Å²) < 4.78 is 5.23. The van der Waals surface area contributed by atoms with E-state index in [1.807, 2.05) is 26.1 Å². The van der Waals surface area contributed by atoms with E-state index in [0.717, 1.165) is 24.9 Å². The minimum atomic E-state index is -0.0647. The molecule has 0 saturated heterocycles. The van der Waals surface area contributed by atoms with Gasteiger partial charge in [-0.15, -0.1) is 0 Å². The first-order valence-electron chi connectivity index (χ1n) is 8.44. The predicted molar refractivity (Wildman–Crippen MR) is 87.7 cm³/mol. The predicted octanol–water partition coefficient (Wildman–Crippen LogP) is 2.30. The topological polar surface area (TPSA) is 49.9 Å². The molecular weight excluding hydrogens is 292 g/mol. The van der Waals surface area contributed by atoms with Crippen LogP contribution in [0.3, 0.4) is 0 Å². The van der Waals surface area contributed by atoms with Crippen LogP contribution in [0.15, 0.2) is 18.2 Å². The number of anilines is 2. The SMILES string of the molecule is CCOC(=O)C1CC[C@H]2[C@@H](C1)c1cccc3c1N2CC(=O)N3C. The summed E-state index contributed by atoms with van der Waals surface area (Å²) in [7, 11) is 1.85. The monoisotopic (exact) mass is 314 g/mol. The van der Waals surface area contributed by atoms with Crippen molar-refractivity contribution in [1.29, 1.82) is 0 Å². The second-order valence-corrected chi connectivity index (χ2v) is 6.73. The van der Waals surface area contributed by atoms with Crippen LogP contribution in [0, 0.1) is 5.92 Å². The van der Waals surface area contributed by atoms with Crippen molar-refractivity contribution in [2.45, 2.75) is 38.1 Å². The third kappa shape index (κ3) is 2.06. The van der Waals surface area contributed by atoms with Gasteiger partial charge < -0.3 is 14.5 Å². The van der Waals surface area contributed by atoms with Crippen LogP contribution in [0.4, 0.5) is 11.4 Å². The minimum absolute atomic E-state index is 0.0122. The molecule has 1 aliphatic carbocycles. The Morgan fingerprint density at radius 2 is 2.17 bits per heavy atom. The minimum Gasteiger partial charge on any atom is -0.466 e. The van der Waals surface area contributed by atoms with E-state index in [2.05, 4.69) is 11.0 Å². The first-order chi connectivity index (χ1) is 11.1. The van der Waals surface area contributed by atoms with Crippen LogP contribution in [0.2, 0.25) is 0 Å². The second-order valence-electron chi connectivity index (χ2n) is 6.73. The van der Waals surface area contributed by atoms with Gasteiger partial charge in [0.15, 0.2) is 0 Å². The smallest absolute Gasteiger partial charge is 0.308 e. The van der Waals surface area contributed by atoms with Crippen molar-refractivity contribution in [2.24, 2.45) is 5.92 Å². The molecule has 4 rings (SSSR count). The Morgan fingerprint density at radius 3 is 2.96 bits per heavy atom. The highest BCUT2D eigenvalue weighted by Crippen LogP contribution is 2.53. The molecule has 0 spiro atoms. The average Bonchev–Trinajstić information content (AvgIpc) is 2.87. The number of hydrogen-bond acceptors (Lipinski definition) is 4. The van der Waals surface area contributed by atoms with Gasteiger partial charge in [0, 0.05) is 19.0 Å². The molecule has 1 aromatic carbocycles. The lowest BCUT2D eigenvalue weighted by atomic mass is 9.76. The molecule has 3 aliphatic rings. The van der Waals surface area contributed by atoms with E-state index in [1.54, 1.807) is 4.90 Å². The number of carbonyl (C=O) groups is 2. The van der Waals surface area contributed by atoms with E-state index < -0.39 is 0 Å². The molecule has 1 amide bonds. The number of rotatable bonds is 2. The maximum absolute atomic E-state index is 12.3. The van der Waals surface area contributed by atoms with E-state index >= 15 is 0 Å². The quantitative estimate of drug-likeness (QED) is 0.786. The Morgan fingerprint density at radius 1 is 1.35 bits per heavy atom. The van der Waals surface area contributed by atoms with E-state index in [-0.39, 0.29) is 17.8 Å². The number of likely N-dealkylation sites (N-methyl/N-ethyl adjacent to an activating group) is 1. The lowest BCUT2D eigenvalue weighted by molar-refractivity contribution is -0.149. The van der Waals surface area contributed by atoms with Crippen LogP contribution < -0.4 is 9.80 Å². The molecule has 0 aromatic heterocycles. The van der Waals surface area contributed by atoms with Gasteiger partial charge in [0.1, 0.15) is 0 Å². The first kappa shape index (κ1) is 14.5. The lowest BCUT2D eigenvalue weighted by Gasteiger charge is -2.39. The zero-order valence-corrected chi connectivity index (χ0v) is 13.6. The highest BCUT2D eigenvalue weighted by molar-refractivity contribution is 6.04. The Bertz CT molecular complexity index is 672. The average molecular weight is 314 g/mol. The normalized spacial score (nSPS) is 28.4. The van der Waals surface area contributed by atoms with Gasteiger partial charge in [-0.1, -0.05) is 12.1 Å². The molecular formula is C18H22N2O3. The van der Waals surface area contributed by atoms with Gasteiger partial charge in [-0.25, -0.2) is 0 Å². The van der Waals surface area contributed by atoms with Gasteiger partial charge in [0.05, 0.1) is 30.4 Å². The summed E-state index contributed by atoms with van der Waals surface area (Å²) in [5.41, 5.74) is 3.50. The van der Waals surface area contributed by atoms with Crippen LogP contribution >= 0.6 is 0 Å². The Kier molecular flexibility index (Phi) is 3.32. The zero-order valence-electron chi connectivity index (χ0n) is 13.6. The van der Waals surface area contributed by atoms with Crippen LogP contribution in [0.25, 0.3) is 0 Å². The summed E-state index contributed by atoms with van der Waals surface area (Å²) in [4.78, 5) is 28.5. The molecule has 122 valence electrons. The third-order valence-corrected chi connectivity index (χ3v) is 5.61. The number of ether oxygens (including phenoxy) is 1. The largest absolute Gasteiger partial charge is 0.466 e. The van der Waals surface area contributed by atoms with Crippen molar-refractivity contribution in [3.8, 4) is 0 Å². The first-order valence-corrected chi connectivity index (χ1v) is 8.44. The Balaban J connectivity index is 1.69. The maximum atomic E-state index is 12.3. The molecule has 0 radical (unpaired) electrons. The molecule has 5 nitrogen and oxygen atoms in total. The molecule has 1 saturated carbocycles. The molecule has 2 aliphatic heterocycles. The third-order valence-electron chi connectivity index (χ3n) is 5.61. The van der Waals surface area contributed by atoms with Crippen molar-refractivity contribution in [1.82, 2.24) is 0 Å². The summed E-state index contributed by atoms with van der Waals surface area (Å²) >= 11 is 0. The molecule has 0 bridgehead atoms. The summed E-state index contributed by atoms with van der Waals surface area (Å²) in [5.74, 6) is 0.391. The van der Waals surface area contributed by atoms with Crippen molar-refractivity contribution < 1.29 is 14.3 Å². The van der Waals surface area contributed by atoms with Crippen molar-refractivity contribution in [3.05, 3.63) is 23.8 Å². The van der Waals surface area contributed by atoms with Crippen molar-refractivity contribution >= 4 is 23.3 Å². The molecule has 1 aromatic rings. The molecule has 5 heteroatoms. The summed E-state index contributed by atoms with van der Waals surface area (Å²) in [6.07, 6.45) is 2.62. The van der Waals surface area contributed by atoms with Crippen LogP contribution in [-0.2, 0) is 14.3 Å². The number of esters is 1. The molecule has 2 heterocycles. The van der Waals surface area contributed by atoms with Gasteiger partial charge in [-0.3, -0.25) is 9.59 Å². The van der Waals surface area contributed by atoms with Crippen LogP contribution in [0.1, 0.15) is 37.7 Å². The van der Waals surface area contributed by atoms with Gasteiger partial charge in [-0.05, 0) is 37.8 Å². The molecule has 3 atom stereocenters. The number of fused-ring (bicyclic) bond motifs is 3. The highest BCUT2D eigenvalue weighted by atomic mass is 16.5. The Labute approximate surface area is 136 Å². The summed E-state index contributed by atoms with van der Waals surface area (Å²) in [5, 5.41) is 0. The van der Waals surface area contributed by atoms with Crippen LogP contribution in [0.5, 0.6) is 0 Å². The van der Waals surface area contributed by atoms with Gasteiger partial charge in [-0.2, -0.15) is 0 Å². The number of carbonyl (C=O) groups excluding carboxylic acids is 2. The molecule has 1 fully saturated rings. The standard InChI is InChI=1S/C18H22N2O3/c1-3-23-18(22)11-7-8-14-13(9-11)12-5-4-6-15-17(12)20(14)10-16(21)19(15)2/h4-6,11,13-14H,3,7-10H2,1-2H3/t11?,13-,14-/m0/s1. The van der Waals surface area contributed by atoms with Gasteiger partial charge in [0.2, 0.25) is 5.91 Å². The van der Waals surface area contributed by atoms with Gasteiger partial charge >= 0.3 is 5.97 Å². The highest BCUT2D eigenvalue weighted by Gasteiger charge is 2.47. The number of benzene rings is 1. The fourth-order valence-electron chi connectivity index (χ4n) is 4.52. The van der Waals surface area contributed by atoms with E-state index in [0.29, 0.717) is 25.1 Å². The lowest BCUT2D eigenvalue weighted by Crippen LogP contribution is -2.48. The Hall–Kier alpha value is -2.04. The van der Waals surface area contributed by atoms with Crippen LogP contribution in [-0.4, -0.2) is 38.1 Å². The number of nitrogens with zero attached hydrogens (tertiary/aromatic N) is 2. The van der Waals surface area contributed by atoms with E-state index in [9.17, 15) is 9.59 Å². The number of hydrogen-bond donors (Lipinski definition) is 0. The summed E-state index contributed by atoms with van der Waals surface area (Å²) in [6, 6.07) is 6.55. The number of para-hydroxylation sites is 1. The zero-order chi connectivity index (χ0) is 16.1.